The monoisotopic (exact) mass is 640 g/mol. The van der Waals surface area contributed by atoms with Crippen LogP contribution in [0.4, 0.5) is 5.69 Å². The van der Waals surface area contributed by atoms with Gasteiger partial charge in [-0.2, -0.15) is 4.31 Å². The van der Waals surface area contributed by atoms with Crippen molar-refractivity contribution in [1.82, 2.24) is 14.2 Å². The van der Waals surface area contributed by atoms with E-state index in [1.54, 1.807) is 65.9 Å². The van der Waals surface area contributed by atoms with Crippen molar-refractivity contribution in [2.24, 2.45) is 5.92 Å². The Labute approximate surface area is 258 Å². The third kappa shape index (κ3) is 6.50. The fourth-order valence-electron chi connectivity index (χ4n) is 4.80. The van der Waals surface area contributed by atoms with Gasteiger partial charge in [0.05, 0.1) is 30.4 Å². The van der Waals surface area contributed by atoms with Crippen LogP contribution in [0.1, 0.15) is 34.6 Å². The number of fused-ring (bicyclic) bond motifs is 1. The Kier molecular flexibility index (Phi) is 9.28. The minimum Gasteiger partial charge on any atom is -0.486 e. The molecule has 43 heavy (non-hydrogen) atoms. The number of anilines is 1. The summed E-state index contributed by atoms with van der Waals surface area (Å²) in [4.78, 5) is 33.0. The number of sulfonamides is 1. The predicted molar refractivity (Wildman–Crippen MR) is 167 cm³/mol. The van der Waals surface area contributed by atoms with E-state index in [4.69, 9.17) is 4.74 Å². The number of hydrogen-bond donors (Lipinski definition) is 2. The summed E-state index contributed by atoms with van der Waals surface area (Å²) in [6.07, 6.45) is 1.03. The number of para-hydroxylation sites is 1. The van der Waals surface area contributed by atoms with Crippen molar-refractivity contribution < 1.29 is 27.9 Å². The van der Waals surface area contributed by atoms with Gasteiger partial charge in [0, 0.05) is 42.2 Å². The summed E-state index contributed by atoms with van der Waals surface area (Å²) in [7, 11) is -2.28. The van der Waals surface area contributed by atoms with Gasteiger partial charge in [-0.15, -0.1) is 22.7 Å². The molecule has 0 bridgehead atoms. The number of benzene rings is 2. The van der Waals surface area contributed by atoms with E-state index in [0.717, 1.165) is 21.9 Å². The third-order valence-electron chi connectivity index (χ3n) is 7.36. The Morgan fingerprint density at radius 3 is 2.58 bits per heavy atom. The van der Waals surface area contributed by atoms with Crippen LogP contribution in [0.3, 0.4) is 0 Å². The number of aliphatic hydroxyl groups excluding tert-OH is 1. The zero-order chi connectivity index (χ0) is 30.7. The molecule has 3 atom stereocenters. The van der Waals surface area contributed by atoms with E-state index >= 15 is 0 Å². The number of thiophene rings is 1. The van der Waals surface area contributed by atoms with Gasteiger partial charge in [0.2, 0.25) is 0 Å². The lowest BCUT2D eigenvalue weighted by Gasteiger charge is -2.38. The molecule has 0 aliphatic carbocycles. The van der Waals surface area contributed by atoms with Gasteiger partial charge in [-0.3, -0.25) is 9.59 Å². The average molecular weight is 641 g/mol. The van der Waals surface area contributed by atoms with E-state index in [1.807, 2.05) is 24.4 Å². The van der Waals surface area contributed by atoms with Gasteiger partial charge >= 0.3 is 0 Å². The van der Waals surface area contributed by atoms with Crippen molar-refractivity contribution in [1.29, 1.82) is 0 Å². The van der Waals surface area contributed by atoms with Crippen molar-refractivity contribution >= 4 is 50.2 Å². The number of hydrogen-bond acceptors (Lipinski definition) is 9. The molecule has 0 radical (unpaired) electrons. The highest BCUT2D eigenvalue weighted by Crippen LogP contribution is 2.36. The molecule has 13 heteroatoms. The minimum atomic E-state index is -3.77. The first-order valence-corrected chi connectivity index (χ1v) is 16.8. The second kappa shape index (κ2) is 12.9. The van der Waals surface area contributed by atoms with Crippen LogP contribution in [0.2, 0.25) is 0 Å². The maximum atomic E-state index is 13.7. The average Bonchev–Trinajstić information content (AvgIpc) is 3.74. The van der Waals surface area contributed by atoms with Gasteiger partial charge in [0.1, 0.15) is 15.3 Å². The van der Waals surface area contributed by atoms with Gasteiger partial charge in [-0.25, -0.2) is 13.4 Å². The molecule has 2 aromatic heterocycles. The topological polar surface area (TPSA) is 129 Å². The summed E-state index contributed by atoms with van der Waals surface area (Å²) < 4.78 is 34.4. The molecule has 1 aliphatic heterocycles. The molecule has 1 aliphatic rings. The van der Waals surface area contributed by atoms with Crippen molar-refractivity contribution in [3.05, 3.63) is 82.7 Å². The summed E-state index contributed by atoms with van der Waals surface area (Å²) >= 11 is 2.63. The number of thiazole rings is 1. The van der Waals surface area contributed by atoms with Gasteiger partial charge in [0.15, 0.2) is 5.75 Å². The second-order valence-electron chi connectivity index (χ2n) is 10.4. The van der Waals surface area contributed by atoms with Crippen LogP contribution in [0.15, 0.2) is 75.8 Å². The number of likely N-dealkylation sites (N-methyl/N-ethyl adjacent to an activating group) is 1. The summed E-state index contributed by atoms with van der Waals surface area (Å²) in [5.74, 6) is -0.937. The molecular weight excluding hydrogens is 609 g/mol. The lowest BCUT2D eigenvalue weighted by Crippen LogP contribution is -2.50. The number of rotatable bonds is 9. The summed E-state index contributed by atoms with van der Waals surface area (Å²) in [6.45, 7) is 3.60. The molecule has 0 saturated heterocycles. The standard InChI is InChI=1S/C30H32N4O6S3/c1-19-16-34(20(2)18-35)30(37)23-6-4-7-24(32-28(36)21-9-11-22(12-10-21)29-31-13-15-42-29)27(23)40-25(19)17-33(3)43(38,39)26-8-5-14-41-26/h4-15,19-20,25,35H,16-18H2,1-3H3,(H,32,36)/t19-,20-,25+/m0/s1. The number of aliphatic hydroxyl groups is 1. The lowest BCUT2D eigenvalue weighted by atomic mass is 9.99. The van der Waals surface area contributed by atoms with Gasteiger partial charge < -0.3 is 20.1 Å². The second-order valence-corrected chi connectivity index (χ2v) is 14.5. The largest absolute Gasteiger partial charge is 0.486 e. The first-order valence-electron chi connectivity index (χ1n) is 13.6. The van der Waals surface area contributed by atoms with Crippen LogP contribution in [-0.2, 0) is 10.0 Å². The van der Waals surface area contributed by atoms with Crippen LogP contribution < -0.4 is 10.1 Å². The van der Waals surface area contributed by atoms with Crippen LogP contribution in [0, 0.1) is 5.92 Å². The maximum Gasteiger partial charge on any atom is 0.258 e. The summed E-state index contributed by atoms with van der Waals surface area (Å²) in [5, 5.41) is 17.2. The Morgan fingerprint density at radius 2 is 1.93 bits per heavy atom. The number of carbonyl (C=O) groups excluding carboxylic acids is 2. The van der Waals surface area contributed by atoms with Gasteiger partial charge in [-0.1, -0.05) is 31.2 Å². The first-order chi connectivity index (χ1) is 20.6. The van der Waals surface area contributed by atoms with Crippen molar-refractivity contribution in [3.8, 4) is 16.3 Å². The highest BCUT2D eigenvalue weighted by Gasteiger charge is 2.36. The number of ether oxygens (including phenoxy) is 1. The lowest BCUT2D eigenvalue weighted by molar-refractivity contribution is 0.0388. The Balaban J connectivity index is 1.47. The van der Waals surface area contributed by atoms with E-state index in [-0.39, 0.29) is 52.7 Å². The quantitative estimate of drug-likeness (QED) is 0.272. The smallest absolute Gasteiger partial charge is 0.258 e. The molecule has 0 saturated carbocycles. The molecule has 0 spiro atoms. The molecule has 4 aromatic rings. The Morgan fingerprint density at radius 1 is 1.16 bits per heavy atom. The maximum absolute atomic E-state index is 13.7. The zero-order valence-electron chi connectivity index (χ0n) is 23.8. The minimum absolute atomic E-state index is 0.00310. The van der Waals surface area contributed by atoms with Crippen LogP contribution in [-0.4, -0.2) is 78.4 Å². The van der Waals surface area contributed by atoms with Crippen molar-refractivity contribution in [2.45, 2.75) is 30.2 Å². The van der Waals surface area contributed by atoms with Crippen molar-refractivity contribution in [3.63, 3.8) is 0 Å². The number of nitrogens with zero attached hydrogens (tertiary/aromatic N) is 3. The van der Waals surface area contributed by atoms with E-state index < -0.39 is 28.1 Å². The molecule has 2 amide bonds. The normalized spacial score (nSPS) is 18.0. The van der Waals surface area contributed by atoms with Crippen LogP contribution >= 0.6 is 22.7 Å². The zero-order valence-corrected chi connectivity index (χ0v) is 26.3. The number of carbonyl (C=O) groups is 2. The number of amides is 2. The Bertz CT molecular complexity index is 1680. The van der Waals surface area contributed by atoms with E-state index in [0.29, 0.717) is 5.56 Å². The van der Waals surface area contributed by atoms with E-state index in [1.165, 1.54) is 22.7 Å². The molecular formula is C30H32N4O6S3. The molecule has 0 fully saturated rings. The van der Waals surface area contributed by atoms with Gasteiger partial charge in [-0.05, 0) is 42.6 Å². The highest BCUT2D eigenvalue weighted by molar-refractivity contribution is 7.91. The summed E-state index contributed by atoms with van der Waals surface area (Å²) in [5.41, 5.74) is 1.77. The fraction of sp³-hybridized carbons (Fsp3) is 0.300. The van der Waals surface area contributed by atoms with Gasteiger partial charge in [0.25, 0.3) is 21.8 Å². The Hall–Kier alpha value is -3.62. The van der Waals surface area contributed by atoms with E-state index in [2.05, 4.69) is 10.3 Å². The number of nitrogens with one attached hydrogen (secondary N) is 1. The molecule has 226 valence electrons. The molecule has 10 nitrogen and oxygen atoms in total. The SMILES string of the molecule is C[C@H]1CN([C@@H](C)CO)C(=O)c2cccc(NC(=O)c3ccc(-c4nccs4)cc3)c2O[C@@H]1CN(C)S(=O)(=O)c1cccs1. The first kappa shape index (κ1) is 30.8. The molecule has 3 heterocycles. The van der Waals surface area contributed by atoms with Crippen LogP contribution in [0.25, 0.3) is 10.6 Å². The highest BCUT2D eigenvalue weighted by atomic mass is 32.2. The fourth-order valence-corrected chi connectivity index (χ4v) is 7.83. The molecule has 2 N–H and O–H groups in total. The third-order valence-corrected chi connectivity index (χ3v) is 11.4. The molecule has 0 unspecified atom stereocenters. The predicted octanol–water partition coefficient (Wildman–Crippen LogP) is 4.66. The van der Waals surface area contributed by atoms with E-state index in [9.17, 15) is 23.1 Å². The molecule has 2 aromatic carbocycles. The van der Waals surface area contributed by atoms with Crippen molar-refractivity contribution in [2.75, 3.05) is 32.1 Å². The molecule has 5 rings (SSSR count). The number of aromatic nitrogens is 1. The summed E-state index contributed by atoms with van der Waals surface area (Å²) in [6, 6.07) is 14.7. The van der Waals surface area contributed by atoms with Crippen LogP contribution in [0.5, 0.6) is 5.75 Å².